The molecule has 3 heterocycles. The van der Waals surface area contributed by atoms with Gasteiger partial charge in [-0.05, 0) is 25.3 Å². The monoisotopic (exact) mass is 575 g/mol. The molecule has 1 amide bonds. The zero-order valence-electron chi connectivity index (χ0n) is 22.7. The molecule has 214 valence electrons. The lowest BCUT2D eigenvalue weighted by molar-refractivity contribution is -0.117. The van der Waals surface area contributed by atoms with Crippen LogP contribution in [0.25, 0.3) is 0 Å². The van der Waals surface area contributed by atoms with Crippen molar-refractivity contribution in [3.8, 4) is 0 Å². The molecule has 2 aromatic rings. The van der Waals surface area contributed by atoms with Crippen LogP contribution in [0.2, 0.25) is 0 Å². The fraction of sp³-hybridized carbons (Fsp3) is 0.379. The predicted molar refractivity (Wildman–Crippen MR) is 158 cm³/mol. The van der Waals surface area contributed by atoms with Crippen molar-refractivity contribution in [2.45, 2.75) is 36.4 Å². The fourth-order valence-electron chi connectivity index (χ4n) is 5.50. The van der Waals surface area contributed by atoms with Gasteiger partial charge < -0.3 is 35.0 Å². The molecule has 2 unspecified atom stereocenters. The maximum absolute atomic E-state index is 13.2. The highest BCUT2D eigenvalue weighted by Gasteiger charge is 2.51. The number of anilines is 1. The number of carbonyl (C=O) groups is 1. The first-order valence-corrected chi connectivity index (χ1v) is 14.6. The number of amidine groups is 1. The third-order valence-corrected chi connectivity index (χ3v) is 9.44. The number of likely N-dealkylation sites (N-methyl/N-ethyl adjacent to an activating group) is 1. The highest BCUT2D eigenvalue weighted by atomic mass is 32.2. The number of thioether (sulfide) groups is 1. The van der Waals surface area contributed by atoms with Gasteiger partial charge in [-0.15, -0.1) is 0 Å². The summed E-state index contributed by atoms with van der Waals surface area (Å²) in [5, 5.41) is 34.8. The number of aliphatic imine (C=N–C) groups is 1. The number of para-hydroxylation sites is 1. The SMILES string of the molecule is CN1C(C(=N)OC(=N)NC2N=C(c3ccccc3)c3ccccc3NC2=O)=C(N2CCOCC2)SC1C1(O)CCC1. The Morgan fingerprint density at radius 2 is 1.85 bits per heavy atom. The Bertz CT molecular complexity index is 1420. The van der Waals surface area contributed by atoms with Gasteiger partial charge in [0.15, 0.2) is 0 Å². The summed E-state index contributed by atoms with van der Waals surface area (Å²) < 4.78 is 11.2. The van der Waals surface area contributed by atoms with Crippen LogP contribution in [0.4, 0.5) is 5.69 Å². The second kappa shape index (κ2) is 11.2. The van der Waals surface area contributed by atoms with Gasteiger partial charge in [0.2, 0.25) is 12.1 Å². The maximum Gasteiger partial charge on any atom is 0.290 e. The molecule has 0 bridgehead atoms. The van der Waals surface area contributed by atoms with Crippen LogP contribution in [0.3, 0.4) is 0 Å². The zero-order valence-corrected chi connectivity index (χ0v) is 23.5. The van der Waals surface area contributed by atoms with Crippen molar-refractivity contribution in [1.82, 2.24) is 15.1 Å². The Morgan fingerprint density at radius 3 is 2.56 bits per heavy atom. The minimum Gasteiger partial charge on any atom is -0.405 e. The van der Waals surface area contributed by atoms with E-state index in [0.717, 1.165) is 22.6 Å². The molecule has 41 heavy (non-hydrogen) atoms. The molecular weight excluding hydrogens is 542 g/mol. The molecular formula is C29H33N7O4S. The lowest BCUT2D eigenvalue weighted by atomic mass is 9.79. The molecule has 6 rings (SSSR count). The van der Waals surface area contributed by atoms with E-state index in [-0.39, 0.29) is 11.3 Å². The molecule has 0 aromatic heterocycles. The minimum atomic E-state index is -1.16. The molecule has 1 saturated heterocycles. The van der Waals surface area contributed by atoms with E-state index in [2.05, 4.69) is 15.5 Å². The molecule has 5 N–H and O–H groups in total. The standard InChI is InChI=1S/C29H33N7O4S/c1-35-22(26(36-14-16-39-17-15-36)41-27(35)29(38)12-7-13-29)23(30)40-28(31)34-24-25(37)32-20-11-6-5-10-19(20)21(33-24)18-8-3-2-4-9-18/h2-6,8-11,24,27,30,38H,7,12-17H2,1H3,(H2,31,34)(H,32,37). The first-order valence-electron chi connectivity index (χ1n) is 13.7. The number of fused-ring (bicyclic) bond motifs is 1. The van der Waals surface area contributed by atoms with Gasteiger partial charge in [-0.2, -0.15) is 0 Å². The summed E-state index contributed by atoms with van der Waals surface area (Å²) in [4.78, 5) is 21.9. The number of ether oxygens (including phenoxy) is 2. The quantitative estimate of drug-likeness (QED) is 0.270. The topological polar surface area (TPSA) is 146 Å². The molecule has 3 aliphatic heterocycles. The molecule has 12 heteroatoms. The van der Waals surface area contributed by atoms with Crippen molar-refractivity contribution in [1.29, 1.82) is 10.8 Å². The average molecular weight is 576 g/mol. The van der Waals surface area contributed by atoms with E-state index in [1.807, 2.05) is 66.5 Å². The summed E-state index contributed by atoms with van der Waals surface area (Å²) in [6.45, 7) is 2.46. The number of nitrogens with zero attached hydrogens (tertiary/aromatic N) is 3. The summed E-state index contributed by atoms with van der Waals surface area (Å²) in [5.41, 5.74) is 2.46. The number of nitrogens with one attached hydrogen (secondary N) is 4. The zero-order chi connectivity index (χ0) is 28.6. The van der Waals surface area contributed by atoms with Gasteiger partial charge in [0.25, 0.3) is 11.9 Å². The van der Waals surface area contributed by atoms with Crippen LogP contribution in [0, 0.1) is 10.8 Å². The van der Waals surface area contributed by atoms with Gasteiger partial charge in [0, 0.05) is 31.3 Å². The number of amides is 1. The molecule has 2 aromatic carbocycles. The number of benzene rings is 2. The Labute approximate surface area is 242 Å². The van der Waals surface area contributed by atoms with Crippen LogP contribution in [0.5, 0.6) is 0 Å². The number of hydrogen-bond donors (Lipinski definition) is 5. The summed E-state index contributed by atoms with van der Waals surface area (Å²) in [7, 11) is 1.85. The van der Waals surface area contributed by atoms with E-state index in [1.165, 1.54) is 11.8 Å². The molecule has 0 spiro atoms. The predicted octanol–water partition coefficient (Wildman–Crippen LogP) is 2.74. The fourth-order valence-corrected chi connectivity index (χ4v) is 7.11. The first kappa shape index (κ1) is 27.3. The summed E-state index contributed by atoms with van der Waals surface area (Å²) >= 11 is 1.53. The number of morpholine rings is 1. The van der Waals surface area contributed by atoms with Crippen molar-refractivity contribution in [3.05, 3.63) is 76.5 Å². The smallest absolute Gasteiger partial charge is 0.290 e. The van der Waals surface area contributed by atoms with Crippen LogP contribution < -0.4 is 10.6 Å². The van der Waals surface area contributed by atoms with Crippen molar-refractivity contribution in [2.75, 3.05) is 38.7 Å². The van der Waals surface area contributed by atoms with E-state index in [0.29, 0.717) is 56.2 Å². The molecule has 1 saturated carbocycles. The number of aliphatic hydroxyl groups is 1. The average Bonchev–Trinajstić information content (AvgIpc) is 3.25. The van der Waals surface area contributed by atoms with Crippen LogP contribution in [0.1, 0.15) is 30.4 Å². The van der Waals surface area contributed by atoms with E-state index in [4.69, 9.17) is 25.3 Å². The van der Waals surface area contributed by atoms with Gasteiger partial charge in [0.1, 0.15) is 16.1 Å². The number of benzodiazepines with no additional fused rings is 1. The second-order valence-corrected chi connectivity index (χ2v) is 11.5. The van der Waals surface area contributed by atoms with E-state index in [1.54, 1.807) is 0 Å². The highest BCUT2D eigenvalue weighted by Crippen LogP contribution is 2.50. The van der Waals surface area contributed by atoms with Crippen LogP contribution >= 0.6 is 11.8 Å². The normalized spacial score (nSPS) is 23.6. The molecule has 2 fully saturated rings. The second-order valence-electron chi connectivity index (χ2n) is 10.5. The van der Waals surface area contributed by atoms with Gasteiger partial charge in [-0.1, -0.05) is 60.3 Å². The summed E-state index contributed by atoms with van der Waals surface area (Å²) in [6.07, 6.45) is 1.20. The molecule has 0 radical (unpaired) electrons. The summed E-state index contributed by atoms with van der Waals surface area (Å²) in [5.74, 6) is -0.689. The largest absolute Gasteiger partial charge is 0.405 e. The van der Waals surface area contributed by atoms with Crippen molar-refractivity contribution in [2.24, 2.45) is 4.99 Å². The molecule has 1 aliphatic carbocycles. The Balaban J connectivity index is 1.24. The molecule has 4 aliphatic rings. The third-order valence-electron chi connectivity index (χ3n) is 7.79. The Hall–Kier alpha value is -3.87. The van der Waals surface area contributed by atoms with Gasteiger partial charge in [-0.25, -0.2) is 4.99 Å². The highest BCUT2D eigenvalue weighted by molar-refractivity contribution is 8.03. The van der Waals surface area contributed by atoms with Gasteiger partial charge >= 0.3 is 0 Å². The first-order chi connectivity index (χ1) is 19.8. The number of rotatable bonds is 5. The van der Waals surface area contributed by atoms with Crippen LogP contribution in [-0.2, 0) is 14.3 Å². The van der Waals surface area contributed by atoms with Crippen molar-refractivity contribution in [3.63, 3.8) is 0 Å². The number of carbonyl (C=O) groups excluding carboxylic acids is 1. The lowest BCUT2D eigenvalue weighted by Crippen LogP contribution is -2.52. The van der Waals surface area contributed by atoms with Gasteiger partial charge in [0.05, 0.1) is 30.2 Å². The lowest BCUT2D eigenvalue weighted by Gasteiger charge is -2.44. The Morgan fingerprint density at radius 1 is 1.15 bits per heavy atom. The maximum atomic E-state index is 13.2. The minimum absolute atomic E-state index is 0.242. The van der Waals surface area contributed by atoms with Crippen LogP contribution in [-0.4, -0.2) is 88.9 Å². The molecule has 2 atom stereocenters. The number of hydrogen-bond acceptors (Lipinski definition) is 10. The molecule has 11 nitrogen and oxygen atoms in total. The van der Waals surface area contributed by atoms with E-state index in [9.17, 15) is 9.90 Å². The van der Waals surface area contributed by atoms with Gasteiger partial charge in [-0.3, -0.25) is 15.6 Å². The van der Waals surface area contributed by atoms with Crippen LogP contribution in [0.15, 0.2) is 70.3 Å². The van der Waals surface area contributed by atoms with E-state index < -0.39 is 23.7 Å². The van der Waals surface area contributed by atoms with Crippen molar-refractivity contribution >= 4 is 41.0 Å². The van der Waals surface area contributed by atoms with Crippen molar-refractivity contribution < 1.29 is 19.4 Å². The van der Waals surface area contributed by atoms with E-state index >= 15 is 0 Å². The third kappa shape index (κ3) is 5.30. The summed E-state index contributed by atoms with van der Waals surface area (Å²) in [6, 6.07) is 16.5. The Kier molecular flexibility index (Phi) is 7.45.